The molecule has 17 heavy (non-hydrogen) atoms. The molecule has 0 radical (unpaired) electrons. The van der Waals surface area contributed by atoms with Crippen molar-refractivity contribution in [1.82, 2.24) is 0 Å². The van der Waals surface area contributed by atoms with Crippen LogP contribution < -0.4 is 0 Å². The third-order valence-corrected chi connectivity index (χ3v) is 2.79. The molecule has 0 bridgehead atoms. The molecular formula is C17H30. The van der Waals surface area contributed by atoms with Gasteiger partial charge in [-0.1, -0.05) is 88.8 Å². The Kier molecular flexibility index (Phi) is 14.5. The summed E-state index contributed by atoms with van der Waals surface area (Å²) in [6, 6.07) is 0. The van der Waals surface area contributed by atoms with E-state index < -0.39 is 0 Å². The highest BCUT2D eigenvalue weighted by Crippen LogP contribution is 2.07. The number of hydrogen-bond donors (Lipinski definition) is 0. The molecule has 0 nitrogen and oxygen atoms in total. The molecule has 0 aromatic rings. The third-order valence-electron chi connectivity index (χ3n) is 2.79. The van der Waals surface area contributed by atoms with Gasteiger partial charge < -0.3 is 0 Å². The predicted octanol–water partition coefficient (Wildman–Crippen LogP) is 6.21. The van der Waals surface area contributed by atoms with Gasteiger partial charge in [-0.15, -0.1) is 0 Å². The van der Waals surface area contributed by atoms with E-state index in [1.165, 1.54) is 57.8 Å². The molecule has 0 heteroatoms. The molecule has 0 aliphatic carbocycles. The van der Waals surface area contributed by atoms with Crippen LogP contribution >= 0.6 is 0 Å². The molecule has 0 atom stereocenters. The third kappa shape index (κ3) is 15.2. The van der Waals surface area contributed by atoms with Crippen molar-refractivity contribution in [3.63, 3.8) is 0 Å². The van der Waals surface area contributed by atoms with Gasteiger partial charge in [0, 0.05) is 0 Å². The summed E-state index contributed by atoms with van der Waals surface area (Å²) in [6.45, 7) is 4.47. The molecule has 0 aromatic carbocycles. The Morgan fingerprint density at radius 3 is 1.76 bits per heavy atom. The molecule has 0 saturated carbocycles. The standard InChI is InChI=1S/C17H30/c1-3-5-7-9-11-13-15-17-16-14-12-10-8-6-4-2/h7,9,11,13,15,17H,3-6,8,10,12,14,16H2,1-2H3. The average molecular weight is 234 g/mol. The normalized spacial score (nSPS) is 12.4. The Balaban J connectivity index is 3.24. The van der Waals surface area contributed by atoms with Crippen LogP contribution in [0.1, 0.15) is 71.6 Å². The van der Waals surface area contributed by atoms with Crippen molar-refractivity contribution in [2.24, 2.45) is 0 Å². The topological polar surface area (TPSA) is 0 Å². The van der Waals surface area contributed by atoms with E-state index in [0.29, 0.717) is 0 Å². The first-order chi connectivity index (χ1) is 8.41. The van der Waals surface area contributed by atoms with Crippen molar-refractivity contribution >= 4 is 0 Å². The average Bonchev–Trinajstić information content (AvgIpc) is 2.35. The van der Waals surface area contributed by atoms with Gasteiger partial charge in [-0.05, 0) is 19.3 Å². The van der Waals surface area contributed by atoms with Gasteiger partial charge in [0.25, 0.3) is 0 Å². The summed E-state index contributed by atoms with van der Waals surface area (Å²) in [5.74, 6) is 0. The van der Waals surface area contributed by atoms with Crippen LogP contribution in [-0.2, 0) is 0 Å². The van der Waals surface area contributed by atoms with E-state index in [-0.39, 0.29) is 0 Å². The maximum Gasteiger partial charge on any atom is -0.0348 e. The van der Waals surface area contributed by atoms with Crippen LogP contribution in [0.3, 0.4) is 0 Å². The van der Waals surface area contributed by atoms with Gasteiger partial charge in [0.05, 0.1) is 0 Å². The van der Waals surface area contributed by atoms with E-state index in [9.17, 15) is 0 Å². The fraction of sp³-hybridized carbons (Fsp3) is 0.647. The van der Waals surface area contributed by atoms with E-state index in [0.717, 1.165) is 0 Å². The van der Waals surface area contributed by atoms with Gasteiger partial charge in [0.2, 0.25) is 0 Å². The highest BCUT2D eigenvalue weighted by Gasteiger charge is 1.87. The molecule has 0 aromatic heterocycles. The van der Waals surface area contributed by atoms with E-state index in [1.807, 2.05) is 0 Å². The van der Waals surface area contributed by atoms with Crippen LogP contribution in [-0.4, -0.2) is 0 Å². The molecular weight excluding hydrogens is 204 g/mol. The smallest absolute Gasteiger partial charge is 0.0348 e. The zero-order valence-corrected chi connectivity index (χ0v) is 11.8. The molecule has 0 unspecified atom stereocenters. The van der Waals surface area contributed by atoms with Crippen molar-refractivity contribution in [3.8, 4) is 0 Å². The Labute approximate surface area is 109 Å². The molecule has 0 aliphatic heterocycles. The SMILES string of the molecule is CCCC=CC=CC=CCCCCCCCC. The summed E-state index contributed by atoms with van der Waals surface area (Å²) in [5, 5.41) is 0. The van der Waals surface area contributed by atoms with Gasteiger partial charge >= 0.3 is 0 Å². The predicted molar refractivity (Wildman–Crippen MR) is 80.3 cm³/mol. The van der Waals surface area contributed by atoms with Gasteiger partial charge in [-0.25, -0.2) is 0 Å². The Morgan fingerprint density at radius 2 is 1.12 bits per heavy atom. The van der Waals surface area contributed by atoms with Crippen molar-refractivity contribution in [1.29, 1.82) is 0 Å². The first kappa shape index (κ1) is 16.2. The maximum absolute atomic E-state index is 2.28. The second-order valence-corrected chi connectivity index (χ2v) is 4.59. The molecule has 0 rings (SSSR count). The van der Waals surface area contributed by atoms with Crippen LogP contribution in [0.25, 0.3) is 0 Å². The number of unbranched alkanes of at least 4 members (excludes halogenated alkanes) is 7. The molecule has 98 valence electrons. The molecule has 0 amide bonds. The monoisotopic (exact) mass is 234 g/mol. The summed E-state index contributed by atoms with van der Waals surface area (Å²) in [4.78, 5) is 0. The first-order valence-corrected chi connectivity index (χ1v) is 7.40. The highest BCUT2D eigenvalue weighted by molar-refractivity contribution is 5.10. The fourth-order valence-electron chi connectivity index (χ4n) is 1.69. The van der Waals surface area contributed by atoms with Crippen LogP contribution in [0.2, 0.25) is 0 Å². The summed E-state index contributed by atoms with van der Waals surface area (Å²) in [6.07, 6.45) is 25.0. The Hall–Kier alpha value is -0.780. The van der Waals surface area contributed by atoms with Crippen LogP contribution in [0.5, 0.6) is 0 Å². The quantitative estimate of drug-likeness (QED) is 0.295. The van der Waals surface area contributed by atoms with Gasteiger partial charge in [0.15, 0.2) is 0 Å². The second kappa shape index (κ2) is 15.2. The summed E-state index contributed by atoms with van der Waals surface area (Å²) < 4.78 is 0. The molecule has 0 heterocycles. The lowest BCUT2D eigenvalue weighted by molar-refractivity contribution is 0.611. The molecule has 0 aliphatic rings. The minimum absolute atomic E-state index is 1.19. The summed E-state index contributed by atoms with van der Waals surface area (Å²) in [7, 11) is 0. The van der Waals surface area contributed by atoms with Crippen molar-refractivity contribution in [2.75, 3.05) is 0 Å². The zero-order valence-electron chi connectivity index (χ0n) is 11.8. The zero-order chi connectivity index (χ0) is 12.6. The summed E-state index contributed by atoms with van der Waals surface area (Å²) >= 11 is 0. The fourth-order valence-corrected chi connectivity index (χ4v) is 1.69. The molecule has 0 N–H and O–H groups in total. The van der Waals surface area contributed by atoms with Gasteiger partial charge in [0.1, 0.15) is 0 Å². The lowest BCUT2D eigenvalue weighted by Gasteiger charge is -1.97. The first-order valence-electron chi connectivity index (χ1n) is 7.40. The Bertz CT molecular complexity index is 208. The lowest BCUT2D eigenvalue weighted by Crippen LogP contribution is -1.77. The maximum atomic E-state index is 2.28. The van der Waals surface area contributed by atoms with E-state index >= 15 is 0 Å². The van der Waals surface area contributed by atoms with E-state index in [2.05, 4.69) is 50.3 Å². The summed E-state index contributed by atoms with van der Waals surface area (Å²) in [5.41, 5.74) is 0. The highest BCUT2D eigenvalue weighted by atomic mass is 13.9. The molecule has 0 spiro atoms. The van der Waals surface area contributed by atoms with Crippen LogP contribution in [0, 0.1) is 0 Å². The van der Waals surface area contributed by atoms with E-state index in [4.69, 9.17) is 0 Å². The Morgan fingerprint density at radius 1 is 0.529 bits per heavy atom. The second-order valence-electron chi connectivity index (χ2n) is 4.59. The number of allylic oxidation sites excluding steroid dienone is 6. The minimum atomic E-state index is 1.19. The van der Waals surface area contributed by atoms with Crippen LogP contribution in [0.4, 0.5) is 0 Å². The largest absolute Gasteiger partial charge is 0.0845 e. The van der Waals surface area contributed by atoms with E-state index in [1.54, 1.807) is 0 Å². The van der Waals surface area contributed by atoms with Crippen molar-refractivity contribution < 1.29 is 0 Å². The number of rotatable bonds is 11. The van der Waals surface area contributed by atoms with Crippen LogP contribution in [0.15, 0.2) is 36.5 Å². The number of hydrogen-bond acceptors (Lipinski definition) is 0. The lowest BCUT2D eigenvalue weighted by atomic mass is 10.1. The van der Waals surface area contributed by atoms with Crippen molar-refractivity contribution in [2.45, 2.75) is 71.6 Å². The van der Waals surface area contributed by atoms with Gasteiger partial charge in [-0.3, -0.25) is 0 Å². The minimum Gasteiger partial charge on any atom is -0.0845 e. The van der Waals surface area contributed by atoms with Gasteiger partial charge in [-0.2, -0.15) is 0 Å². The van der Waals surface area contributed by atoms with Crippen molar-refractivity contribution in [3.05, 3.63) is 36.5 Å². The molecule has 0 saturated heterocycles. The molecule has 0 fully saturated rings.